The minimum Gasteiger partial charge on any atom is -0.456 e. The molecule has 2 aromatic heterocycles. The first-order valence-electron chi connectivity index (χ1n) is 13.0. The summed E-state index contributed by atoms with van der Waals surface area (Å²) in [5, 5.41) is 16.8. The molecule has 2 aromatic carbocycles. The second-order valence-corrected chi connectivity index (χ2v) is 10.9. The summed E-state index contributed by atoms with van der Waals surface area (Å²) in [4.78, 5) is 41.9. The van der Waals surface area contributed by atoms with Crippen molar-refractivity contribution in [1.82, 2.24) is 15.5 Å². The molecule has 0 unspecified atom stereocenters. The van der Waals surface area contributed by atoms with Crippen LogP contribution in [0.5, 0.6) is 0 Å². The Hall–Kier alpha value is -4.22. The highest BCUT2D eigenvalue weighted by atomic mass is 32.1. The molecule has 5 rings (SSSR count). The van der Waals surface area contributed by atoms with Crippen molar-refractivity contribution in [3.63, 3.8) is 0 Å². The van der Waals surface area contributed by atoms with E-state index in [1.165, 1.54) is 16.2 Å². The standard InChI is InChI=1S/C29H31N5O5S/c1-16(25-11-19(15-40-25)27(30)31)33-29(37)22-9-17(14-38-2)13-34(22)26(35)12-32-28(36)18-7-8-24-21(10-18)20-5-3-4-6-23(20)39-24/h3-8,10-11,15-17,22H,9,12-14H2,1-2H3,(H3,30,31)(H,32,36)(H,33,37)/t16-,17-,22+/m1/s1. The Morgan fingerprint density at radius 2 is 1.93 bits per heavy atom. The molecular formula is C29H31N5O5S. The van der Waals surface area contributed by atoms with Gasteiger partial charge in [-0.1, -0.05) is 18.2 Å². The van der Waals surface area contributed by atoms with Crippen molar-refractivity contribution in [2.45, 2.75) is 25.4 Å². The molecule has 0 bridgehead atoms. The van der Waals surface area contributed by atoms with Gasteiger partial charge in [0, 0.05) is 51.7 Å². The normalized spacial score (nSPS) is 17.7. The Kier molecular flexibility index (Phi) is 7.85. The number of likely N-dealkylation sites (tertiary alicyclic amines) is 1. The van der Waals surface area contributed by atoms with Crippen LogP contribution in [0.1, 0.15) is 40.2 Å². The monoisotopic (exact) mass is 561 g/mol. The highest BCUT2D eigenvalue weighted by Crippen LogP contribution is 2.29. The van der Waals surface area contributed by atoms with Gasteiger partial charge in [0.25, 0.3) is 5.91 Å². The number of amides is 3. The summed E-state index contributed by atoms with van der Waals surface area (Å²) in [5.74, 6) is -1.04. The summed E-state index contributed by atoms with van der Waals surface area (Å²) >= 11 is 1.41. The molecule has 0 spiro atoms. The summed E-state index contributed by atoms with van der Waals surface area (Å²) in [7, 11) is 1.59. The first-order valence-corrected chi connectivity index (χ1v) is 13.8. The van der Waals surface area contributed by atoms with Crippen LogP contribution in [-0.4, -0.2) is 61.3 Å². The smallest absolute Gasteiger partial charge is 0.251 e. The predicted molar refractivity (Wildman–Crippen MR) is 153 cm³/mol. The number of carbonyl (C=O) groups excluding carboxylic acids is 3. The third-order valence-electron chi connectivity index (χ3n) is 7.17. The Morgan fingerprint density at radius 3 is 2.67 bits per heavy atom. The Bertz CT molecular complexity index is 1590. The van der Waals surface area contributed by atoms with E-state index in [1.54, 1.807) is 36.8 Å². The van der Waals surface area contributed by atoms with E-state index < -0.39 is 6.04 Å². The molecule has 1 fully saturated rings. The van der Waals surface area contributed by atoms with Gasteiger partial charge in [-0.25, -0.2) is 0 Å². The van der Waals surface area contributed by atoms with Crippen molar-refractivity contribution in [3.05, 3.63) is 69.9 Å². The number of carbonyl (C=O) groups is 3. The van der Waals surface area contributed by atoms with Gasteiger partial charge in [0.2, 0.25) is 11.8 Å². The van der Waals surface area contributed by atoms with E-state index in [4.69, 9.17) is 20.3 Å². The SMILES string of the molecule is COC[C@@H]1C[C@@H](C(=O)N[C@H](C)c2cc(C(=N)N)cs2)N(C(=O)CNC(=O)c2ccc3oc4ccccc4c3c2)C1. The molecule has 3 amide bonds. The molecule has 40 heavy (non-hydrogen) atoms. The number of amidine groups is 1. The van der Waals surface area contributed by atoms with Crippen LogP contribution in [0.2, 0.25) is 0 Å². The minimum atomic E-state index is -0.687. The van der Waals surface area contributed by atoms with Crippen molar-refractivity contribution < 1.29 is 23.5 Å². The molecule has 5 N–H and O–H groups in total. The third kappa shape index (κ3) is 5.56. The van der Waals surface area contributed by atoms with Crippen LogP contribution in [0.15, 0.2) is 58.3 Å². The van der Waals surface area contributed by atoms with Crippen LogP contribution >= 0.6 is 11.3 Å². The molecule has 0 saturated carbocycles. The van der Waals surface area contributed by atoms with Crippen LogP contribution < -0.4 is 16.4 Å². The number of furan rings is 1. The van der Waals surface area contributed by atoms with Crippen molar-refractivity contribution in [3.8, 4) is 0 Å². The maximum Gasteiger partial charge on any atom is 0.251 e. The topological polar surface area (TPSA) is 151 Å². The molecule has 11 heteroatoms. The van der Waals surface area contributed by atoms with Gasteiger partial charge in [0.1, 0.15) is 23.0 Å². The van der Waals surface area contributed by atoms with Gasteiger partial charge in [-0.05, 0) is 43.7 Å². The summed E-state index contributed by atoms with van der Waals surface area (Å²) in [6.07, 6.45) is 0.458. The van der Waals surface area contributed by atoms with Gasteiger partial charge in [0.05, 0.1) is 19.2 Å². The van der Waals surface area contributed by atoms with E-state index >= 15 is 0 Å². The number of benzene rings is 2. The van der Waals surface area contributed by atoms with Crippen LogP contribution in [0, 0.1) is 11.3 Å². The zero-order valence-electron chi connectivity index (χ0n) is 22.2. The lowest BCUT2D eigenvalue weighted by molar-refractivity contribution is -0.138. The summed E-state index contributed by atoms with van der Waals surface area (Å²) < 4.78 is 11.1. The van der Waals surface area contributed by atoms with Crippen molar-refractivity contribution in [1.29, 1.82) is 5.41 Å². The quantitative estimate of drug-likeness (QED) is 0.182. The van der Waals surface area contributed by atoms with Gasteiger partial charge in [-0.2, -0.15) is 0 Å². The molecule has 4 aromatic rings. The first kappa shape index (κ1) is 27.4. The minimum absolute atomic E-state index is 0.00135. The van der Waals surface area contributed by atoms with Gasteiger partial charge in [-0.3, -0.25) is 19.8 Å². The lowest BCUT2D eigenvalue weighted by Crippen LogP contribution is -2.49. The van der Waals surface area contributed by atoms with E-state index in [0.717, 1.165) is 21.2 Å². The molecular weight excluding hydrogens is 530 g/mol. The molecule has 1 aliphatic rings. The van der Waals surface area contributed by atoms with Crippen LogP contribution in [0.25, 0.3) is 21.9 Å². The van der Waals surface area contributed by atoms with Gasteiger partial charge in [-0.15, -0.1) is 11.3 Å². The number of ether oxygens (including phenoxy) is 1. The highest BCUT2D eigenvalue weighted by Gasteiger charge is 2.40. The molecule has 0 radical (unpaired) electrons. The lowest BCUT2D eigenvalue weighted by atomic mass is 10.1. The fraction of sp³-hybridized carbons (Fsp3) is 0.310. The predicted octanol–water partition coefficient (Wildman–Crippen LogP) is 3.40. The van der Waals surface area contributed by atoms with Crippen LogP contribution in [0.3, 0.4) is 0 Å². The number of rotatable bonds is 9. The molecule has 0 aliphatic carbocycles. The number of fused-ring (bicyclic) bond motifs is 3. The zero-order valence-corrected chi connectivity index (χ0v) is 23.0. The zero-order chi connectivity index (χ0) is 28.4. The van der Waals surface area contributed by atoms with Crippen molar-refractivity contribution in [2.75, 3.05) is 26.8 Å². The Balaban J connectivity index is 1.25. The van der Waals surface area contributed by atoms with Gasteiger partial charge < -0.3 is 30.4 Å². The van der Waals surface area contributed by atoms with Crippen LogP contribution in [-0.2, 0) is 14.3 Å². The number of nitrogens with one attached hydrogen (secondary N) is 3. The van der Waals surface area contributed by atoms with E-state index in [2.05, 4.69) is 10.6 Å². The highest BCUT2D eigenvalue weighted by molar-refractivity contribution is 7.10. The lowest BCUT2D eigenvalue weighted by Gasteiger charge is -2.25. The third-order valence-corrected chi connectivity index (χ3v) is 8.28. The van der Waals surface area contributed by atoms with E-state index in [1.807, 2.05) is 31.2 Å². The van der Waals surface area contributed by atoms with E-state index in [-0.39, 0.29) is 42.1 Å². The number of nitrogens with two attached hydrogens (primary N) is 1. The fourth-order valence-corrected chi connectivity index (χ4v) is 6.05. The molecule has 3 atom stereocenters. The Morgan fingerprint density at radius 1 is 1.15 bits per heavy atom. The number of thiophene rings is 1. The molecule has 208 valence electrons. The number of hydrogen-bond donors (Lipinski definition) is 4. The molecule has 1 saturated heterocycles. The Labute approximate surface area is 235 Å². The number of nitrogen functional groups attached to an aromatic ring is 1. The summed E-state index contributed by atoms with van der Waals surface area (Å²) in [6.45, 7) is 2.38. The number of methoxy groups -OCH3 is 1. The first-order chi connectivity index (χ1) is 19.2. The number of nitrogens with zero attached hydrogens (tertiary/aromatic N) is 1. The van der Waals surface area contributed by atoms with E-state index in [9.17, 15) is 14.4 Å². The van der Waals surface area contributed by atoms with Crippen molar-refractivity contribution >= 4 is 56.8 Å². The van der Waals surface area contributed by atoms with Crippen LogP contribution in [0.4, 0.5) is 0 Å². The van der Waals surface area contributed by atoms with Gasteiger partial charge in [0.15, 0.2) is 0 Å². The summed E-state index contributed by atoms with van der Waals surface area (Å²) in [5.41, 5.74) is 8.00. The van der Waals surface area contributed by atoms with Gasteiger partial charge >= 0.3 is 0 Å². The number of hydrogen-bond acceptors (Lipinski definition) is 7. The fourth-order valence-electron chi connectivity index (χ4n) is 5.13. The van der Waals surface area contributed by atoms with Crippen molar-refractivity contribution in [2.24, 2.45) is 11.7 Å². The average molecular weight is 562 g/mol. The summed E-state index contributed by atoms with van der Waals surface area (Å²) in [6, 6.07) is 13.5. The largest absolute Gasteiger partial charge is 0.456 e. The molecule has 3 heterocycles. The second kappa shape index (κ2) is 11.5. The second-order valence-electron chi connectivity index (χ2n) is 9.99. The molecule has 10 nitrogen and oxygen atoms in total. The van der Waals surface area contributed by atoms with E-state index in [0.29, 0.717) is 36.3 Å². The average Bonchev–Trinajstić information content (AvgIpc) is 3.68. The number of para-hydroxylation sites is 1. The maximum absolute atomic E-state index is 13.3. The molecule has 1 aliphatic heterocycles. The maximum atomic E-state index is 13.3.